The molecule has 162 valence electrons. The third kappa shape index (κ3) is 6.11. The average molecular weight is 502 g/mol. The van der Waals surface area contributed by atoms with E-state index in [1.165, 1.54) is 11.3 Å². The van der Waals surface area contributed by atoms with Crippen LogP contribution in [-0.2, 0) is 4.79 Å². The Hall–Kier alpha value is -2.78. The molecule has 2 atom stereocenters. The Kier molecular flexibility index (Phi) is 7.75. The molecule has 0 radical (unpaired) electrons. The monoisotopic (exact) mass is 501 g/mol. The number of hydrogen-bond donors (Lipinski definition) is 3. The topological polar surface area (TPSA) is 96.0 Å². The van der Waals surface area contributed by atoms with Gasteiger partial charge in [0.1, 0.15) is 11.0 Å². The summed E-state index contributed by atoms with van der Waals surface area (Å²) in [5.41, 5.74) is 2.55. The van der Waals surface area contributed by atoms with Gasteiger partial charge in [-0.15, -0.1) is 10.2 Å². The number of carbonyl (C=O) groups is 2. The lowest BCUT2D eigenvalue weighted by Crippen LogP contribution is -2.49. The van der Waals surface area contributed by atoms with Gasteiger partial charge in [-0.2, -0.15) is 0 Å². The van der Waals surface area contributed by atoms with Gasteiger partial charge in [0.05, 0.1) is 0 Å². The lowest BCUT2D eigenvalue weighted by Gasteiger charge is -2.23. The van der Waals surface area contributed by atoms with Crippen LogP contribution in [0.25, 0.3) is 10.6 Å². The lowest BCUT2D eigenvalue weighted by molar-refractivity contribution is -0.119. The van der Waals surface area contributed by atoms with Crippen LogP contribution in [0.2, 0.25) is 0 Å². The van der Waals surface area contributed by atoms with Gasteiger partial charge in [-0.25, -0.2) is 4.79 Å². The fourth-order valence-corrected chi connectivity index (χ4v) is 4.05. The van der Waals surface area contributed by atoms with Crippen molar-refractivity contribution in [2.75, 3.05) is 10.6 Å². The molecule has 0 aliphatic heterocycles. The molecule has 31 heavy (non-hydrogen) atoms. The number of halogens is 1. The molecule has 9 heteroatoms. The minimum atomic E-state index is -0.716. The van der Waals surface area contributed by atoms with E-state index in [4.69, 9.17) is 0 Å². The van der Waals surface area contributed by atoms with Crippen molar-refractivity contribution >= 4 is 50.0 Å². The van der Waals surface area contributed by atoms with Gasteiger partial charge in [0, 0.05) is 15.7 Å². The van der Waals surface area contributed by atoms with Crippen molar-refractivity contribution in [3.8, 4) is 10.6 Å². The maximum absolute atomic E-state index is 12.9. The molecule has 3 aromatic rings. The van der Waals surface area contributed by atoms with Crippen LogP contribution in [-0.4, -0.2) is 28.2 Å². The first kappa shape index (κ1) is 22.9. The smallest absolute Gasteiger partial charge is 0.319 e. The number of urea groups is 1. The summed E-state index contributed by atoms with van der Waals surface area (Å²) in [6.45, 7) is 5.81. The van der Waals surface area contributed by atoms with E-state index in [1.54, 1.807) is 0 Å². The summed E-state index contributed by atoms with van der Waals surface area (Å²) in [6, 6.07) is 14.0. The van der Waals surface area contributed by atoms with Gasteiger partial charge in [0.15, 0.2) is 0 Å². The van der Waals surface area contributed by atoms with Crippen LogP contribution < -0.4 is 16.0 Å². The SMILES string of the molecule is CCC(C)C(NC(=O)Nc1ccccc1C)C(=O)Nc1nnc(-c2cccc(Br)c2)s1. The molecule has 0 bridgehead atoms. The maximum atomic E-state index is 12.9. The van der Waals surface area contributed by atoms with Crippen molar-refractivity contribution in [2.24, 2.45) is 5.92 Å². The molecule has 2 unspecified atom stereocenters. The summed E-state index contributed by atoms with van der Waals surface area (Å²) in [7, 11) is 0. The predicted octanol–water partition coefficient (Wildman–Crippen LogP) is 5.45. The molecule has 7 nitrogen and oxygen atoms in total. The second kappa shape index (κ2) is 10.5. The largest absolute Gasteiger partial charge is 0.326 e. The standard InChI is InChI=1S/C22H24BrN5O2S/c1-4-13(2)18(25-21(30)24-17-11-6-5-8-14(17)3)19(29)26-22-28-27-20(31-22)15-9-7-10-16(23)12-15/h5-13,18H,4H2,1-3H3,(H2,24,25,30)(H,26,28,29). The minimum absolute atomic E-state index is 0.0694. The van der Waals surface area contributed by atoms with Crippen LogP contribution in [0.15, 0.2) is 53.0 Å². The Balaban J connectivity index is 1.69. The van der Waals surface area contributed by atoms with Crippen LogP contribution in [0.3, 0.4) is 0 Å². The van der Waals surface area contributed by atoms with E-state index in [2.05, 4.69) is 42.1 Å². The highest BCUT2D eigenvalue weighted by Crippen LogP contribution is 2.28. The molecule has 0 fully saturated rings. The number of para-hydroxylation sites is 1. The zero-order valence-corrected chi connectivity index (χ0v) is 19.9. The van der Waals surface area contributed by atoms with Crippen molar-refractivity contribution in [2.45, 2.75) is 33.2 Å². The molecule has 3 amide bonds. The van der Waals surface area contributed by atoms with Gasteiger partial charge >= 0.3 is 6.03 Å². The maximum Gasteiger partial charge on any atom is 0.319 e. The number of benzene rings is 2. The molecule has 0 spiro atoms. The molecule has 1 aromatic heterocycles. The second-order valence-corrected chi connectivity index (χ2v) is 9.08. The number of nitrogens with one attached hydrogen (secondary N) is 3. The number of rotatable bonds is 7. The normalized spacial score (nSPS) is 12.6. The molecule has 1 heterocycles. The van der Waals surface area contributed by atoms with Crippen LogP contribution >= 0.6 is 27.3 Å². The molecular formula is C22H24BrN5O2S. The van der Waals surface area contributed by atoms with Crippen molar-refractivity contribution < 1.29 is 9.59 Å². The van der Waals surface area contributed by atoms with Crippen LogP contribution in [0.5, 0.6) is 0 Å². The van der Waals surface area contributed by atoms with Crippen molar-refractivity contribution in [3.05, 3.63) is 58.6 Å². The van der Waals surface area contributed by atoms with E-state index in [0.29, 0.717) is 15.8 Å². The van der Waals surface area contributed by atoms with Gasteiger partial charge in [0.2, 0.25) is 11.0 Å². The predicted molar refractivity (Wildman–Crippen MR) is 128 cm³/mol. The highest BCUT2D eigenvalue weighted by molar-refractivity contribution is 9.10. The van der Waals surface area contributed by atoms with E-state index in [0.717, 1.165) is 22.0 Å². The molecule has 0 saturated heterocycles. The zero-order chi connectivity index (χ0) is 22.4. The summed E-state index contributed by atoms with van der Waals surface area (Å²) < 4.78 is 0.937. The first-order chi connectivity index (χ1) is 14.9. The number of anilines is 2. The first-order valence-electron chi connectivity index (χ1n) is 9.90. The molecule has 3 rings (SSSR count). The van der Waals surface area contributed by atoms with E-state index in [1.807, 2.05) is 69.3 Å². The van der Waals surface area contributed by atoms with Gasteiger partial charge in [-0.05, 0) is 36.6 Å². The molecular weight excluding hydrogens is 478 g/mol. The third-order valence-corrected chi connectivity index (χ3v) is 6.28. The van der Waals surface area contributed by atoms with Gasteiger partial charge < -0.3 is 10.6 Å². The van der Waals surface area contributed by atoms with Gasteiger partial charge in [-0.1, -0.05) is 77.9 Å². The Morgan fingerprint density at radius 1 is 1.10 bits per heavy atom. The minimum Gasteiger partial charge on any atom is -0.326 e. The van der Waals surface area contributed by atoms with E-state index in [-0.39, 0.29) is 11.8 Å². The third-order valence-electron chi connectivity index (χ3n) is 4.90. The second-order valence-electron chi connectivity index (χ2n) is 7.19. The fourth-order valence-electron chi connectivity index (χ4n) is 2.91. The molecule has 0 aliphatic rings. The fraction of sp³-hybridized carbons (Fsp3) is 0.273. The van der Waals surface area contributed by atoms with Crippen molar-refractivity contribution in [1.82, 2.24) is 15.5 Å². The summed E-state index contributed by atoms with van der Waals surface area (Å²) in [5, 5.41) is 17.7. The molecule has 3 N–H and O–H groups in total. The van der Waals surface area contributed by atoms with Crippen LogP contribution in [0.1, 0.15) is 25.8 Å². The highest BCUT2D eigenvalue weighted by atomic mass is 79.9. The number of amides is 3. The van der Waals surface area contributed by atoms with Crippen molar-refractivity contribution in [3.63, 3.8) is 0 Å². The Bertz CT molecular complexity index is 1070. The summed E-state index contributed by atoms with van der Waals surface area (Å²) in [4.78, 5) is 25.5. The molecule has 0 aliphatic carbocycles. The Labute approximate surface area is 193 Å². The van der Waals surface area contributed by atoms with E-state index < -0.39 is 12.1 Å². The summed E-state index contributed by atoms with van der Waals surface area (Å²) in [5.74, 6) is -0.397. The lowest BCUT2D eigenvalue weighted by atomic mass is 9.98. The number of hydrogen-bond acceptors (Lipinski definition) is 5. The van der Waals surface area contributed by atoms with Crippen molar-refractivity contribution in [1.29, 1.82) is 0 Å². The number of nitrogens with zero attached hydrogens (tertiary/aromatic N) is 2. The molecule has 2 aromatic carbocycles. The van der Waals surface area contributed by atoms with Gasteiger partial charge in [-0.3, -0.25) is 10.1 Å². The average Bonchev–Trinajstić information content (AvgIpc) is 3.21. The van der Waals surface area contributed by atoms with Crippen LogP contribution in [0, 0.1) is 12.8 Å². The van der Waals surface area contributed by atoms with E-state index >= 15 is 0 Å². The van der Waals surface area contributed by atoms with Crippen LogP contribution in [0.4, 0.5) is 15.6 Å². The van der Waals surface area contributed by atoms with E-state index in [9.17, 15) is 9.59 Å². The summed E-state index contributed by atoms with van der Waals surface area (Å²) >= 11 is 4.72. The summed E-state index contributed by atoms with van der Waals surface area (Å²) in [6.07, 6.45) is 0.724. The number of carbonyl (C=O) groups excluding carboxylic acids is 2. The molecule has 0 saturated carbocycles. The zero-order valence-electron chi connectivity index (χ0n) is 17.5. The highest BCUT2D eigenvalue weighted by Gasteiger charge is 2.27. The first-order valence-corrected chi connectivity index (χ1v) is 11.5. The van der Waals surface area contributed by atoms with Gasteiger partial charge in [0.25, 0.3) is 0 Å². The Morgan fingerprint density at radius 3 is 2.58 bits per heavy atom. The Morgan fingerprint density at radius 2 is 1.87 bits per heavy atom. The number of aromatic nitrogens is 2. The number of aryl methyl sites for hydroxylation is 1. The quantitative estimate of drug-likeness (QED) is 0.400.